The van der Waals surface area contributed by atoms with Crippen LogP contribution in [0.25, 0.3) is 5.82 Å². The number of aryl methyl sites for hydroxylation is 3. The van der Waals surface area contributed by atoms with Gasteiger partial charge in [-0.2, -0.15) is 5.10 Å². The van der Waals surface area contributed by atoms with Crippen LogP contribution in [0.4, 0.5) is 5.82 Å². The maximum Gasteiger partial charge on any atom is 0.276 e. The van der Waals surface area contributed by atoms with Crippen LogP contribution >= 0.6 is 0 Å². The number of carbonyl (C=O) groups excluding carboxylic acids is 1. The predicted octanol–water partition coefficient (Wildman–Crippen LogP) is 0.616. The van der Waals surface area contributed by atoms with Crippen molar-refractivity contribution in [2.24, 2.45) is 18.9 Å². The van der Waals surface area contributed by atoms with Gasteiger partial charge in [-0.1, -0.05) is 5.21 Å². The quantitative estimate of drug-likeness (QED) is 0.643. The van der Waals surface area contributed by atoms with Gasteiger partial charge in [0.2, 0.25) is 0 Å². The number of hydrogen-bond acceptors (Lipinski definition) is 7. The molecule has 2 saturated heterocycles. The van der Waals surface area contributed by atoms with Crippen molar-refractivity contribution in [1.29, 1.82) is 0 Å². The van der Waals surface area contributed by atoms with E-state index in [1.165, 1.54) is 0 Å². The standard InChI is InChI=1S/C19H23N9O/c1-12-4-13(2)28(23-12)18-5-17(20-11-21-18)26-6-14-8-27(9-15(14)7-26)19(29)16-10-25(3)24-22-16/h4-5,10-11,14-15H,6-9H2,1-3H3. The molecule has 10 heteroatoms. The summed E-state index contributed by atoms with van der Waals surface area (Å²) in [7, 11) is 1.77. The van der Waals surface area contributed by atoms with Gasteiger partial charge in [-0.25, -0.2) is 14.6 Å². The van der Waals surface area contributed by atoms with Crippen LogP contribution in [0.2, 0.25) is 0 Å². The van der Waals surface area contributed by atoms with Crippen molar-refractivity contribution in [1.82, 2.24) is 39.6 Å². The van der Waals surface area contributed by atoms with Gasteiger partial charge in [0.1, 0.15) is 12.1 Å². The Kier molecular flexibility index (Phi) is 4.07. The van der Waals surface area contributed by atoms with Gasteiger partial charge in [0, 0.05) is 56.8 Å². The summed E-state index contributed by atoms with van der Waals surface area (Å²) in [5.74, 6) is 2.51. The van der Waals surface area contributed by atoms with Crippen LogP contribution in [0.15, 0.2) is 24.7 Å². The number of rotatable bonds is 3. The third kappa shape index (κ3) is 3.14. The fourth-order valence-corrected chi connectivity index (χ4v) is 4.44. The van der Waals surface area contributed by atoms with Crippen LogP contribution in [0, 0.1) is 25.7 Å². The summed E-state index contributed by atoms with van der Waals surface area (Å²) in [6, 6.07) is 4.02. The molecule has 0 aromatic carbocycles. The zero-order chi connectivity index (χ0) is 20.1. The molecule has 5 rings (SSSR count). The van der Waals surface area contributed by atoms with E-state index >= 15 is 0 Å². The van der Waals surface area contributed by atoms with Crippen molar-refractivity contribution >= 4 is 11.7 Å². The van der Waals surface area contributed by atoms with Crippen LogP contribution in [0.5, 0.6) is 0 Å². The third-order valence-corrected chi connectivity index (χ3v) is 5.78. The summed E-state index contributed by atoms with van der Waals surface area (Å²) in [6.07, 6.45) is 3.27. The number of amides is 1. The molecule has 0 saturated carbocycles. The highest BCUT2D eigenvalue weighted by Crippen LogP contribution is 2.34. The molecule has 10 nitrogen and oxygen atoms in total. The van der Waals surface area contributed by atoms with E-state index in [1.807, 2.05) is 35.6 Å². The molecule has 3 aromatic heterocycles. The zero-order valence-electron chi connectivity index (χ0n) is 16.7. The van der Waals surface area contributed by atoms with Gasteiger partial charge in [0.25, 0.3) is 5.91 Å². The molecule has 2 fully saturated rings. The predicted molar refractivity (Wildman–Crippen MR) is 105 cm³/mol. The monoisotopic (exact) mass is 393 g/mol. The fraction of sp³-hybridized carbons (Fsp3) is 0.474. The summed E-state index contributed by atoms with van der Waals surface area (Å²) in [6.45, 7) is 7.23. The molecule has 0 radical (unpaired) electrons. The maximum absolute atomic E-state index is 12.6. The first-order valence-corrected chi connectivity index (χ1v) is 9.74. The Morgan fingerprint density at radius 3 is 2.38 bits per heavy atom. The highest BCUT2D eigenvalue weighted by atomic mass is 16.2. The molecular formula is C19H23N9O. The van der Waals surface area contributed by atoms with Gasteiger partial charge in [0.15, 0.2) is 11.5 Å². The van der Waals surface area contributed by atoms with Crippen molar-refractivity contribution in [3.05, 3.63) is 41.7 Å². The summed E-state index contributed by atoms with van der Waals surface area (Å²) in [5, 5.41) is 12.3. The van der Waals surface area contributed by atoms with E-state index in [0.717, 1.165) is 49.2 Å². The van der Waals surface area contributed by atoms with Crippen LogP contribution in [0.3, 0.4) is 0 Å². The van der Waals surface area contributed by atoms with Gasteiger partial charge in [-0.3, -0.25) is 9.48 Å². The number of aromatic nitrogens is 7. The lowest BCUT2D eigenvalue weighted by molar-refractivity contribution is 0.0776. The second-order valence-electron chi connectivity index (χ2n) is 7.99. The van der Waals surface area contributed by atoms with Crippen LogP contribution in [-0.2, 0) is 7.05 Å². The minimum Gasteiger partial charge on any atom is -0.356 e. The average molecular weight is 393 g/mol. The Morgan fingerprint density at radius 1 is 1.03 bits per heavy atom. The highest BCUT2D eigenvalue weighted by molar-refractivity contribution is 5.92. The summed E-state index contributed by atoms with van der Waals surface area (Å²) >= 11 is 0. The lowest BCUT2D eigenvalue weighted by Gasteiger charge is -2.22. The minimum atomic E-state index is -0.0344. The molecule has 0 spiro atoms. The lowest BCUT2D eigenvalue weighted by atomic mass is 10.0. The first-order valence-electron chi connectivity index (χ1n) is 9.74. The van der Waals surface area contributed by atoms with E-state index in [-0.39, 0.29) is 5.91 Å². The minimum absolute atomic E-state index is 0.0344. The van der Waals surface area contributed by atoms with Crippen molar-refractivity contribution in [3.63, 3.8) is 0 Å². The van der Waals surface area contributed by atoms with E-state index in [0.29, 0.717) is 17.5 Å². The second kappa shape index (κ2) is 6.64. The average Bonchev–Trinajstić information content (AvgIpc) is 3.44. The normalized spacial score (nSPS) is 21.1. The van der Waals surface area contributed by atoms with E-state index in [2.05, 4.69) is 30.3 Å². The van der Waals surface area contributed by atoms with Crippen LogP contribution in [-0.4, -0.2) is 71.7 Å². The molecule has 29 heavy (non-hydrogen) atoms. The third-order valence-electron chi connectivity index (χ3n) is 5.78. The molecule has 5 heterocycles. The fourth-order valence-electron chi connectivity index (χ4n) is 4.44. The molecule has 3 aromatic rings. The van der Waals surface area contributed by atoms with E-state index < -0.39 is 0 Å². The van der Waals surface area contributed by atoms with Crippen molar-refractivity contribution in [2.75, 3.05) is 31.1 Å². The van der Waals surface area contributed by atoms with E-state index in [9.17, 15) is 4.79 Å². The Bertz CT molecular complexity index is 1060. The van der Waals surface area contributed by atoms with Gasteiger partial charge in [0.05, 0.1) is 11.9 Å². The summed E-state index contributed by atoms with van der Waals surface area (Å²) < 4.78 is 3.40. The zero-order valence-corrected chi connectivity index (χ0v) is 16.7. The number of likely N-dealkylation sites (tertiary alicyclic amines) is 1. The summed E-state index contributed by atoms with van der Waals surface area (Å²) in [5.41, 5.74) is 2.42. The molecule has 0 bridgehead atoms. The molecular weight excluding hydrogens is 370 g/mol. The number of anilines is 1. The maximum atomic E-state index is 12.6. The number of carbonyl (C=O) groups is 1. The Labute approximate surface area is 168 Å². The Morgan fingerprint density at radius 2 is 1.76 bits per heavy atom. The molecule has 2 atom stereocenters. The number of fused-ring (bicyclic) bond motifs is 1. The first kappa shape index (κ1) is 17.8. The van der Waals surface area contributed by atoms with E-state index in [4.69, 9.17) is 0 Å². The van der Waals surface area contributed by atoms with Crippen LogP contribution in [0.1, 0.15) is 21.9 Å². The van der Waals surface area contributed by atoms with Crippen molar-refractivity contribution in [2.45, 2.75) is 13.8 Å². The summed E-state index contributed by atoms with van der Waals surface area (Å²) in [4.78, 5) is 25.7. The largest absolute Gasteiger partial charge is 0.356 e. The van der Waals surface area contributed by atoms with Crippen LogP contribution < -0.4 is 4.90 Å². The van der Waals surface area contributed by atoms with Gasteiger partial charge >= 0.3 is 0 Å². The van der Waals surface area contributed by atoms with Crippen molar-refractivity contribution in [3.8, 4) is 5.82 Å². The lowest BCUT2D eigenvalue weighted by Crippen LogP contribution is -2.33. The SMILES string of the molecule is Cc1cc(C)n(-c2cc(N3CC4CN(C(=O)c5cn(C)nn5)CC4C3)ncn2)n1. The van der Waals surface area contributed by atoms with Gasteiger partial charge < -0.3 is 9.80 Å². The molecule has 2 aliphatic rings. The number of nitrogens with zero attached hydrogens (tertiary/aromatic N) is 9. The molecule has 2 aliphatic heterocycles. The van der Waals surface area contributed by atoms with Gasteiger partial charge in [-0.15, -0.1) is 5.10 Å². The molecule has 150 valence electrons. The van der Waals surface area contributed by atoms with E-state index in [1.54, 1.807) is 24.3 Å². The Balaban J connectivity index is 1.29. The molecule has 0 N–H and O–H groups in total. The second-order valence-corrected chi connectivity index (χ2v) is 7.99. The molecule has 2 unspecified atom stereocenters. The Hall–Kier alpha value is -3.30. The number of hydrogen-bond donors (Lipinski definition) is 0. The molecule has 1 amide bonds. The van der Waals surface area contributed by atoms with Gasteiger partial charge in [-0.05, 0) is 19.9 Å². The molecule has 0 aliphatic carbocycles. The van der Waals surface area contributed by atoms with Crippen molar-refractivity contribution < 1.29 is 4.79 Å². The highest BCUT2D eigenvalue weighted by Gasteiger charge is 2.42. The smallest absolute Gasteiger partial charge is 0.276 e. The topological polar surface area (TPSA) is 97.9 Å². The first-order chi connectivity index (χ1) is 14.0.